The van der Waals surface area contributed by atoms with Crippen LogP contribution in [0.1, 0.15) is 27.9 Å². The van der Waals surface area contributed by atoms with Gasteiger partial charge in [-0.05, 0) is 36.5 Å². The summed E-state index contributed by atoms with van der Waals surface area (Å²) in [4.78, 5) is 28.1. The normalized spacial score (nSPS) is 22.9. The number of aromatic nitrogens is 2. The molecule has 29 heavy (non-hydrogen) atoms. The maximum Gasteiger partial charge on any atom is 0.260 e. The molecule has 0 spiro atoms. The molecule has 1 aliphatic carbocycles. The van der Waals surface area contributed by atoms with Crippen molar-refractivity contribution in [1.29, 1.82) is 0 Å². The lowest BCUT2D eigenvalue weighted by Gasteiger charge is -2.22. The molecule has 2 atom stereocenters. The van der Waals surface area contributed by atoms with Crippen molar-refractivity contribution in [2.75, 3.05) is 13.1 Å². The van der Waals surface area contributed by atoms with E-state index in [9.17, 15) is 9.59 Å². The molecule has 1 amide bonds. The molecule has 2 unspecified atom stereocenters. The third kappa shape index (κ3) is 2.53. The van der Waals surface area contributed by atoms with E-state index in [0.717, 1.165) is 23.1 Å². The summed E-state index contributed by atoms with van der Waals surface area (Å²) in [7, 11) is 3.59. The Hall–Kier alpha value is -2.24. The monoisotopic (exact) mass is 429 g/mol. The predicted molar refractivity (Wildman–Crippen MR) is 115 cm³/mol. The number of nitrogens with zero attached hydrogens (tertiary/aromatic N) is 3. The van der Waals surface area contributed by atoms with Gasteiger partial charge in [-0.1, -0.05) is 35.3 Å². The third-order valence-corrected chi connectivity index (χ3v) is 7.45. The maximum absolute atomic E-state index is 13.4. The van der Waals surface area contributed by atoms with Gasteiger partial charge in [-0.3, -0.25) is 9.59 Å². The summed E-state index contributed by atoms with van der Waals surface area (Å²) in [5.74, 6) is 0.282. The average Bonchev–Trinajstić information content (AvgIpc) is 3.05. The fourth-order valence-corrected chi connectivity index (χ4v) is 5.67. The van der Waals surface area contributed by atoms with Gasteiger partial charge in [-0.2, -0.15) is 0 Å². The molecule has 1 saturated heterocycles. The van der Waals surface area contributed by atoms with Crippen LogP contribution >= 0.6 is 23.2 Å². The van der Waals surface area contributed by atoms with Crippen LogP contribution in [0.3, 0.4) is 0 Å². The fraction of sp³-hybridized carbons (Fsp3) is 0.364. The van der Waals surface area contributed by atoms with Gasteiger partial charge in [-0.25, -0.2) is 0 Å². The number of rotatable bonds is 2. The summed E-state index contributed by atoms with van der Waals surface area (Å²) in [6.45, 7) is 3.22. The van der Waals surface area contributed by atoms with E-state index >= 15 is 0 Å². The van der Waals surface area contributed by atoms with E-state index in [4.69, 9.17) is 23.2 Å². The highest BCUT2D eigenvalue weighted by Crippen LogP contribution is 2.61. The summed E-state index contributed by atoms with van der Waals surface area (Å²) in [5.41, 5.74) is 3.01. The minimum absolute atomic E-state index is 0.0944. The van der Waals surface area contributed by atoms with Crippen LogP contribution in [0.4, 0.5) is 0 Å². The molecule has 7 heteroatoms. The smallest absolute Gasteiger partial charge is 0.260 e. The van der Waals surface area contributed by atoms with Crippen LogP contribution in [0, 0.1) is 12.8 Å². The van der Waals surface area contributed by atoms with E-state index < -0.39 is 0 Å². The Balaban J connectivity index is 1.54. The van der Waals surface area contributed by atoms with E-state index in [-0.39, 0.29) is 16.9 Å². The largest absolute Gasteiger partial charge is 0.349 e. The predicted octanol–water partition coefficient (Wildman–Crippen LogP) is 3.91. The highest BCUT2D eigenvalue weighted by atomic mass is 35.5. The molecule has 2 aromatic heterocycles. The molecule has 5 rings (SSSR count). The van der Waals surface area contributed by atoms with Gasteiger partial charge in [-0.15, -0.1) is 0 Å². The SMILES string of the molecule is Cc1cn(C)c(=O)c2c(C(=O)N3CC4CC4(c4cccc(Cl)c4Cl)C3)cn(C)c12. The lowest BCUT2D eigenvalue weighted by Crippen LogP contribution is -2.33. The van der Waals surface area contributed by atoms with Gasteiger partial charge in [0.05, 0.1) is 26.5 Å². The number of halogens is 2. The van der Waals surface area contributed by atoms with E-state index in [2.05, 4.69) is 0 Å². The molecule has 1 aliphatic heterocycles. The van der Waals surface area contributed by atoms with Crippen LogP contribution in [0.2, 0.25) is 10.0 Å². The molecular weight excluding hydrogens is 409 g/mol. The van der Waals surface area contributed by atoms with Crippen molar-refractivity contribution in [3.63, 3.8) is 0 Å². The topological polar surface area (TPSA) is 47.2 Å². The molecule has 5 nitrogen and oxygen atoms in total. The lowest BCUT2D eigenvalue weighted by molar-refractivity contribution is 0.0774. The number of carbonyl (C=O) groups is 1. The number of aryl methyl sites for hydroxylation is 3. The van der Waals surface area contributed by atoms with Gasteiger partial charge in [0.2, 0.25) is 0 Å². The number of likely N-dealkylation sites (tertiary alicyclic amines) is 1. The highest BCUT2D eigenvalue weighted by molar-refractivity contribution is 6.42. The number of fused-ring (bicyclic) bond motifs is 2. The van der Waals surface area contributed by atoms with Crippen molar-refractivity contribution in [3.05, 3.63) is 67.7 Å². The van der Waals surface area contributed by atoms with Gasteiger partial charge < -0.3 is 14.0 Å². The number of hydrogen-bond acceptors (Lipinski definition) is 2. The molecular formula is C22H21Cl2N3O2. The second-order valence-electron chi connectivity index (χ2n) is 8.45. The van der Waals surface area contributed by atoms with Crippen molar-refractivity contribution in [2.24, 2.45) is 20.0 Å². The van der Waals surface area contributed by atoms with E-state index in [1.54, 1.807) is 30.1 Å². The first-order valence-corrected chi connectivity index (χ1v) is 10.4. The quantitative estimate of drug-likeness (QED) is 0.619. The van der Waals surface area contributed by atoms with Crippen molar-refractivity contribution in [1.82, 2.24) is 14.0 Å². The number of hydrogen-bond donors (Lipinski definition) is 0. The molecule has 1 aromatic carbocycles. The summed E-state index contributed by atoms with van der Waals surface area (Å²) >= 11 is 12.7. The van der Waals surface area contributed by atoms with Gasteiger partial charge in [0.1, 0.15) is 0 Å². The Morgan fingerprint density at radius 3 is 2.69 bits per heavy atom. The number of amides is 1. The zero-order chi connectivity index (χ0) is 20.7. The van der Waals surface area contributed by atoms with Gasteiger partial charge in [0.25, 0.3) is 11.5 Å². The Kier molecular flexibility index (Phi) is 3.97. The van der Waals surface area contributed by atoms with Crippen LogP contribution in [0.5, 0.6) is 0 Å². The summed E-state index contributed by atoms with van der Waals surface area (Å²) in [5, 5.41) is 1.62. The second kappa shape index (κ2) is 6.13. The second-order valence-corrected chi connectivity index (χ2v) is 9.23. The Labute approximate surface area is 178 Å². The van der Waals surface area contributed by atoms with E-state index in [1.807, 2.05) is 35.6 Å². The van der Waals surface area contributed by atoms with Crippen LogP contribution in [-0.4, -0.2) is 33.0 Å². The van der Waals surface area contributed by atoms with Gasteiger partial charge in [0.15, 0.2) is 0 Å². The number of benzene rings is 1. The van der Waals surface area contributed by atoms with Gasteiger partial charge in [0, 0.05) is 45.0 Å². The van der Waals surface area contributed by atoms with Crippen LogP contribution in [-0.2, 0) is 19.5 Å². The Bertz CT molecular complexity index is 1260. The van der Waals surface area contributed by atoms with Crippen molar-refractivity contribution in [3.8, 4) is 0 Å². The Morgan fingerprint density at radius 2 is 1.93 bits per heavy atom. The molecule has 3 heterocycles. The van der Waals surface area contributed by atoms with Crippen LogP contribution < -0.4 is 5.56 Å². The summed E-state index contributed by atoms with van der Waals surface area (Å²) in [6.07, 6.45) is 4.59. The highest BCUT2D eigenvalue weighted by Gasteiger charge is 2.62. The lowest BCUT2D eigenvalue weighted by atomic mass is 9.95. The van der Waals surface area contributed by atoms with Gasteiger partial charge >= 0.3 is 0 Å². The van der Waals surface area contributed by atoms with E-state index in [1.165, 1.54) is 0 Å². The summed E-state index contributed by atoms with van der Waals surface area (Å²) in [6, 6.07) is 5.71. The standard InChI is InChI=1S/C22H21Cl2N3O2/c1-12-8-26(3)21(29)17-14(10-25(2)19(12)17)20(28)27-9-13-7-22(13,11-27)15-5-4-6-16(23)18(15)24/h4-6,8,10,13H,7,9,11H2,1-3H3. The molecule has 150 valence electrons. The summed E-state index contributed by atoms with van der Waals surface area (Å²) < 4.78 is 3.42. The van der Waals surface area contributed by atoms with Crippen molar-refractivity contribution >= 4 is 40.0 Å². The minimum atomic E-state index is -0.147. The van der Waals surface area contributed by atoms with Crippen molar-refractivity contribution < 1.29 is 4.79 Å². The molecule has 0 radical (unpaired) electrons. The number of piperidine rings is 1. The average molecular weight is 430 g/mol. The van der Waals surface area contributed by atoms with Crippen LogP contribution in [0.25, 0.3) is 10.9 Å². The zero-order valence-corrected chi connectivity index (χ0v) is 18.0. The molecule has 2 aliphatic rings. The van der Waals surface area contributed by atoms with E-state index in [0.29, 0.717) is 40.0 Å². The zero-order valence-electron chi connectivity index (χ0n) is 16.5. The first kappa shape index (κ1) is 18.8. The first-order valence-electron chi connectivity index (χ1n) is 9.63. The molecule has 0 bridgehead atoms. The number of carbonyl (C=O) groups excluding carboxylic acids is 1. The molecule has 1 saturated carbocycles. The number of pyridine rings is 1. The molecule has 0 N–H and O–H groups in total. The Morgan fingerprint density at radius 1 is 1.17 bits per heavy atom. The minimum Gasteiger partial charge on any atom is -0.349 e. The molecule has 3 aromatic rings. The first-order chi connectivity index (χ1) is 13.7. The third-order valence-electron chi connectivity index (χ3n) is 6.63. The molecule has 2 fully saturated rings. The van der Waals surface area contributed by atoms with Crippen LogP contribution in [0.15, 0.2) is 35.4 Å². The van der Waals surface area contributed by atoms with Crippen molar-refractivity contribution in [2.45, 2.75) is 18.8 Å². The fourth-order valence-electron chi connectivity index (χ4n) is 5.18. The maximum atomic E-state index is 13.4.